The van der Waals surface area contributed by atoms with Crippen molar-refractivity contribution in [3.63, 3.8) is 0 Å². The van der Waals surface area contributed by atoms with Crippen molar-refractivity contribution in [2.75, 3.05) is 37.7 Å². The first kappa shape index (κ1) is 16.8. The maximum Gasteiger partial charge on any atom is 0.254 e. The zero-order chi connectivity index (χ0) is 18.1. The van der Waals surface area contributed by atoms with E-state index in [1.165, 1.54) is 0 Å². The number of anilines is 1. The number of ether oxygens (including phenoxy) is 1. The monoisotopic (exact) mass is 354 g/mol. The van der Waals surface area contributed by atoms with Gasteiger partial charge >= 0.3 is 0 Å². The van der Waals surface area contributed by atoms with Crippen molar-refractivity contribution in [2.24, 2.45) is 0 Å². The van der Waals surface area contributed by atoms with E-state index in [1.807, 2.05) is 0 Å². The fourth-order valence-electron chi connectivity index (χ4n) is 3.58. The molecule has 136 valence electrons. The van der Waals surface area contributed by atoms with E-state index in [2.05, 4.69) is 14.9 Å². The third-order valence-corrected chi connectivity index (χ3v) is 5.12. The van der Waals surface area contributed by atoms with Gasteiger partial charge < -0.3 is 19.6 Å². The summed E-state index contributed by atoms with van der Waals surface area (Å²) >= 11 is 0. The van der Waals surface area contributed by atoms with Crippen LogP contribution in [0.2, 0.25) is 0 Å². The lowest BCUT2D eigenvalue weighted by Crippen LogP contribution is -2.40. The SMILES string of the molecule is Cc1c(O)cccc1C(=O)N1CCc2c(ncnc2N2CCOCC2)C1. The fourth-order valence-corrected chi connectivity index (χ4v) is 3.58. The predicted octanol–water partition coefficient (Wildman–Crippen LogP) is 1.53. The molecule has 0 atom stereocenters. The van der Waals surface area contributed by atoms with Gasteiger partial charge in [-0.1, -0.05) is 6.07 Å². The maximum absolute atomic E-state index is 12.9. The molecule has 1 amide bonds. The topological polar surface area (TPSA) is 78.8 Å². The summed E-state index contributed by atoms with van der Waals surface area (Å²) in [7, 11) is 0. The Balaban J connectivity index is 1.58. The lowest BCUT2D eigenvalue weighted by atomic mass is 10.0. The Morgan fingerprint density at radius 2 is 2.00 bits per heavy atom. The van der Waals surface area contributed by atoms with Gasteiger partial charge in [0.05, 0.1) is 25.5 Å². The van der Waals surface area contributed by atoms with Crippen LogP contribution >= 0.6 is 0 Å². The summed E-state index contributed by atoms with van der Waals surface area (Å²) in [4.78, 5) is 25.9. The molecule has 0 saturated carbocycles. The Bertz CT molecular complexity index is 834. The van der Waals surface area contributed by atoms with E-state index in [0.717, 1.165) is 36.6 Å². The van der Waals surface area contributed by atoms with Gasteiger partial charge in [-0.2, -0.15) is 0 Å². The zero-order valence-corrected chi connectivity index (χ0v) is 14.8. The van der Waals surface area contributed by atoms with E-state index in [9.17, 15) is 9.90 Å². The van der Waals surface area contributed by atoms with Gasteiger partial charge in [0.2, 0.25) is 0 Å². The minimum Gasteiger partial charge on any atom is -0.508 e. The molecule has 1 fully saturated rings. The average Bonchev–Trinajstić information content (AvgIpc) is 2.69. The van der Waals surface area contributed by atoms with Crippen LogP contribution < -0.4 is 4.90 Å². The number of phenols is 1. The molecule has 7 nitrogen and oxygen atoms in total. The van der Waals surface area contributed by atoms with Crippen molar-refractivity contribution in [1.29, 1.82) is 0 Å². The number of rotatable bonds is 2. The van der Waals surface area contributed by atoms with Gasteiger partial charge in [-0.25, -0.2) is 9.97 Å². The standard InChI is InChI=1S/C19H22N4O3/c1-13-14(3-2-4-17(13)24)19(25)23-6-5-15-16(11-23)20-12-21-18(15)22-7-9-26-10-8-22/h2-4,12,24H,5-11H2,1H3. The zero-order valence-electron chi connectivity index (χ0n) is 14.8. The summed E-state index contributed by atoms with van der Waals surface area (Å²) in [5.74, 6) is 1.04. The van der Waals surface area contributed by atoms with Gasteiger partial charge in [-0.15, -0.1) is 0 Å². The van der Waals surface area contributed by atoms with Crippen molar-refractivity contribution < 1.29 is 14.6 Å². The molecule has 0 unspecified atom stereocenters. The van der Waals surface area contributed by atoms with E-state index in [0.29, 0.717) is 37.4 Å². The number of carbonyl (C=O) groups excluding carboxylic acids is 1. The number of amides is 1. The van der Waals surface area contributed by atoms with Crippen molar-refractivity contribution in [1.82, 2.24) is 14.9 Å². The third-order valence-electron chi connectivity index (χ3n) is 5.12. The number of phenolic OH excluding ortho intramolecular Hbond substituents is 1. The Hall–Kier alpha value is -2.67. The first-order valence-corrected chi connectivity index (χ1v) is 8.88. The predicted molar refractivity (Wildman–Crippen MR) is 96.4 cm³/mol. The normalized spacial score (nSPS) is 17.1. The molecule has 0 radical (unpaired) electrons. The van der Waals surface area contributed by atoms with Crippen LogP contribution in [-0.4, -0.2) is 58.7 Å². The Labute approximate surface area is 152 Å². The Kier molecular flexibility index (Phi) is 4.46. The molecule has 0 spiro atoms. The third kappa shape index (κ3) is 2.99. The summed E-state index contributed by atoms with van der Waals surface area (Å²) < 4.78 is 5.43. The van der Waals surface area contributed by atoms with Crippen molar-refractivity contribution >= 4 is 11.7 Å². The van der Waals surface area contributed by atoms with E-state index >= 15 is 0 Å². The number of hydrogen-bond donors (Lipinski definition) is 1. The number of nitrogens with zero attached hydrogens (tertiary/aromatic N) is 4. The van der Waals surface area contributed by atoms with Gasteiger partial charge in [-0.05, 0) is 25.5 Å². The molecule has 2 aliphatic heterocycles. The average molecular weight is 354 g/mol. The second-order valence-electron chi connectivity index (χ2n) is 6.65. The lowest BCUT2D eigenvalue weighted by Gasteiger charge is -2.33. The van der Waals surface area contributed by atoms with Gasteiger partial charge in [0, 0.05) is 36.3 Å². The molecular formula is C19H22N4O3. The summed E-state index contributed by atoms with van der Waals surface area (Å²) in [6.07, 6.45) is 2.31. The molecule has 0 bridgehead atoms. The number of fused-ring (bicyclic) bond motifs is 1. The summed E-state index contributed by atoms with van der Waals surface area (Å²) in [5.41, 5.74) is 3.18. The van der Waals surface area contributed by atoms with E-state index < -0.39 is 0 Å². The first-order valence-electron chi connectivity index (χ1n) is 8.88. The van der Waals surface area contributed by atoms with Gasteiger partial charge in [0.15, 0.2) is 0 Å². The van der Waals surface area contributed by atoms with Crippen LogP contribution in [0.4, 0.5) is 5.82 Å². The summed E-state index contributed by atoms with van der Waals surface area (Å²) in [6, 6.07) is 5.05. The minimum atomic E-state index is -0.0735. The number of hydrogen-bond acceptors (Lipinski definition) is 6. The molecule has 1 N–H and O–H groups in total. The van der Waals surface area contributed by atoms with Crippen LogP contribution in [0.3, 0.4) is 0 Å². The molecule has 1 saturated heterocycles. The molecule has 2 aliphatic rings. The molecule has 3 heterocycles. The van der Waals surface area contributed by atoms with Crippen molar-refractivity contribution in [3.8, 4) is 5.75 Å². The van der Waals surface area contributed by atoms with Crippen LogP contribution in [0.25, 0.3) is 0 Å². The van der Waals surface area contributed by atoms with E-state index in [-0.39, 0.29) is 11.7 Å². The Morgan fingerprint density at radius 1 is 1.19 bits per heavy atom. The fraction of sp³-hybridized carbons (Fsp3) is 0.421. The number of carbonyl (C=O) groups is 1. The largest absolute Gasteiger partial charge is 0.508 e. The van der Waals surface area contributed by atoms with Crippen LogP contribution in [0.15, 0.2) is 24.5 Å². The van der Waals surface area contributed by atoms with Gasteiger partial charge in [0.25, 0.3) is 5.91 Å². The van der Waals surface area contributed by atoms with E-state index in [4.69, 9.17) is 4.74 Å². The molecule has 26 heavy (non-hydrogen) atoms. The molecular weight excluding hydrogens is 332 g/mol. The summed E-state index contributed by atoms with van der Waals surface area (Å²) in [6.45, 7) is 5.91. The summed E-state index contributed by atoms with van der Waals surface area (Å²) in [5, 5.41) is 9.88. The van der Waals surface area contributed by atoms with Crippen molar-refractivity contribution in [2.45, 2.75) is 19.9 Å². The number of benzene rings is 1. The maximum atomic E-state index is 12.9. The molecule has 2 aromatic rings. The van der Waals surface area contributed by atoms with Crippen molar-refractivity contribution in [3.05, 3.63) is 46.9 Å². The first-order chi connectivity index (χ1) is 12.6. The molecule has 1 aromatic carbocycles. The highest BCUT2D eigenvalue weighted by molar-refractivity contribution is 5.96. The lowest BCUT2D eigenvalue weighted by molar-refractivity contribution is 0.0730. The highest BCUT2D eigenvalue weighted by Gasteiger charge is 2.28. The highest BCUT2D eigenvalue weighted by atomic mass is 16.5. The Morgan fingerprint density at radius 3 is 2.81 bits per heavy atom. The van der Waals surface area contributed by atoms with Gasteiger partial charge in [-0.3, -0.25) is 4.79 Å². The molecule has 7 heteroatoms. The van der Waals surface area contributed by atoms with Crippen LogP contribution in [-0.2, 0) is 17.7 Å². The quantitative estimate of drug-likeness (QED) is 0.881. The van der Waals surface area contributed by atoms with Crippen LogP contribution in [0.1, 0.15) is 27.2 Å². The molecule has 1 aromatic heterocycles. The molecule has 4 rings (SSSR count). The molecule has 0 aliphatic carbocycles. The highest BCUT2D eigenvalue weighted by Crippen LogP contribution is 2.28. The van der Waals surface area contributed by atoms with Crippen LogP contribution in [0.5, 0.6) is 5.75 Å². The number of aromatic nitrogens is 2. The second-order valence-corrected chi connectivity index (χ2v) is 6.65. The number of aromatic hydroxyl groups is 1. The second kappa shape index (κ2) is 6.92. The smallest absolute Gasteiger partial charge is 0.254 e. The van der Waals surface area contributed by atoms with Crippen LogP contribution in [0, 0.1) is 6.92 Å². The minimum absolute atomic E-state index is 0.0735. The number of morpholine rings is 1. The van der Waals surface area contributed by atoms with Gasteiger partial charge in [0.1, 0.15) is 17.9 Å². The van der Waals surface area contributed by atoms with E-state index in [1.54, 1.807) is 36.4 Å².